The van der Waals surface area contributed by atoms with E-state index in [-0.39, 0.29) is 0 Å². The highest BCUT2D eigenvalue weighted by atomic mass is 79.9. The second-order valence-electron chi connectivity index (χ2n) is 7.18. The van der Waals surface area contributed by atoms with Gasteiger partial charge in [-0.1, -0.05) is 82.7 Å². The number of aromatic nitrogens is 2. The minimum absolute atomic E-state index is 0.691. The first kappa shape index (κ1) is 17.4. The third-order valence-corrected chi connectivity index (χ3v) is 6.07. The van der Waals surface area contributed by atoms with Gasteiger partial charge in [0.2, 0.25) is 0 Å². The van der Waals surface area contributed by atoms with Crippen LogP contribution in [0.1, 0.15) is 0 Å². The molecule has 142 valence electrons. The van der Waals surface area contributed by atoms with E-state index in [2.05, 4.69) is 52.3 Å². The van der Waals surface area contributed by atoms with Crippen LogP contribution in [0.3, 0.4) is 0 Å². The van der Waals surface area contributed by atoms with Gasteiger partial charge in [0.15, 0.2) is 11.4 Å². The number of halogens is 1. The predicted molar refractivity (Wildman–Crippen MR) is 125 cm³/mol. The fraction of sp³-hybridized carbons (Fsp3) is 0. The van der Waals surface area contributed by atoms with Crippen LogP contribution in [-0.2, 0) is 0 Å². The average Bonchev–Trinajstić information content (AvgIpc) is 3.18. The average molecular weight is 451 g/mol. The van der Waals surface area contributed by atoms with Crippen LogP contribution >= 0.6 is 15.9 Å². The van der Waals surface area contributed by atoms with E-state index in [1.54, 1.807) is 0 Å². The SMILES string of the molecule is Brc1ccc(-c2nc(-c3ccccc3)c3oc4ccccc4c3n2)c2ccccc12. The summed E-state index contributed by atoms with van der Waals surface area (Å²) in [5.74, 6) is 0.691. The second kappa shape index (κ2) is 6.78. The fourth-order valence-electron chi connectivity index (χ4n) is 3.96. The molecule has 0 aliphatic rings. The molecule has 4 heteroatoms. The number of nitrogens with zero attached hydrogens (tertiary/aromatic N) is 2. The smallest absolute Gasteiger partial charge is 0.180 e. The standard InChI is InChI=1S/C26H15BrN2O/c27-21-15-14-19(17-10-4-5-11-18(17)21)26-28-23(16-8-2-1-3-9-16)25-24(29-26)20-12-6-7-13-22(20)30-25/h1-15H. The van der Waals surface area contributed by atoms with Crippen LogP contribution in [0.5, 0.6) is 0 Å². The Morgan fingerprint density at radius 1 is 0.633 bits per heavy atom. The van der Waals surface area contributed by atoms with Crippen LogP contribution in [0.4, 0.5) is 0 Å². The minimum Gasteiger partial charge on any atom is -0.452 e. The molecule has 0 fully saturated rings. The fourth-order valence-corrected chi connectivity index (χ4v) is 4.44. The number of benzene rings is 4. The molecule has 6 rings (SSSR count). The zero-order chi connectivity index (χ0) is 20.1. The zero-order valence-corrected chi connectivity index (χ0v) is 17.4. The Kier molecular flexibility index (Phi) is 3.93. The van der Waals surface area contributed by atoms with Crippen molar-refractivity contribution < 1.29 is 4.42 Å². The largest absolute Gasteiger partial charge is 0.452 e. The Bertz CT molecular complexity index is 1550. The van der Waals surface area contributed by atoms with Gasteiger partial charge in [0.1, 0.15) is 16.8 Å². The molecule has 0 saturated heterocycles. The topological polar surface area (TPSA) is 38.9 Å². The van der Waals surface area contributed by atoms with Crippen LogP contribution in [-0.4, -0.2) is 9.97 Å². The summed E-state index contributed by atoms with van der Waals surface area (Å²) in [5.41, 5.74) is 5.18. The van der Waals surface area contributed by atoms with E-state index in [1.165, 1.54) is 0 Å². The maximum Gasteiger partial charge on any atom is 0.180 e. The number of hydrogen-bond donors (Lipinski definition) is 0. The third kappa shape index (κ3) is 2.65. The Hall–Kier alpha value is -3.50. The van der Waals surface area contributed by atoms with Gasteiger partial charge in [-0.25, -0.2) is 9.97 Å². The molecule has 0 N–H and O–H groups in total. The molecular formula is C26H15BrN2O. The van der Waals surface area contributed by atoms with Crippen molar-refractivity contribution in [1.29, 1.82) is 0 Å². The summed E-state index contributed by atoms with van der Waals surface area (Å²) in [6, 6.07) is 30.6. The first-order valence-corrected chi connectivity index (χ1v) is 10.5. The normalized spacial score (nSPS) is 11.5. The van der Waals surface area contributed by atoms with E-state index in [0.29, 0.717) is 11.4 Å². The van der Waals surface area contributed by atoms with Crippen molar-refractivity contribution in [3.05, 3.63) is 95.5 Å². The molecule has 2 aromatic heterocycles. The second-order valence-corrected chi connectivity index (χ2v) is 8.03. The van der Waals surface area contributed by atoms with Crippen LogP contribution in [0, 0.1) is 0 Å². The summed E-state index contributed by atoms with van der Waals surface area (Å²) in [7, 11) is 0. The Morgan fingerprint density at radius 3 is 2.17 bits per heavy atom. The maximum absolute atomic E-state index is 6.20. The molecule has 0 bridgehead atoms. The van der Waals surface area contributed by atoms with Crippen LogP contribution in [0.25, 0.3) is 55.5 Å². The van der Waals surface area contributed by atoms with E-state index in [9.17, 15) is 0 Å². The number of para-hydroxylation sites is 1. The molecule has 0 aliphatic carbocycles. The van der Waals surface area contributed by atoms with Gasteiger partial charge in [0.25, 0.3) is 0 Å². The van der Waals surface area contributed by atoms with Gasteiger partial charge in [0, 0.05) is 21.0 Å². The summed E-state index contributed by atoms with van der Waals surface area (Å²) in [6.07, 6.45) is 0. The van der Waals surface area contributed by atoms with Gasteiger partial charge in [-0.15, -0.1) is 0 Å². The Morgan fingerprint density at radius 2 is 1.33 bits per heavy atom. The van der Waals surface area contributed by atoms with E-state index in [0.717, 1.165) is 48.6 Å². The van der Waals surface area contributed by atoms with Gasteiger partial charge in [-0.3, -0.25) is 0 Å². The molecular weight excluding hydrogens is 436 g/mol. The van der Waals surface area contributed by atoms with Gasteiger partial charge >= 0.3 is 0 Å². The third-order valence-electron chi connectivity index (χ3n) is 5.38. The highest BCUT2D eigenvalue weighted by Gasteiger charge is 2.19. The molecule has 0 aliphatic heterocycles. The quantitative estimate of drug-likeness (QED) is 0.272. The lowest BCUT2D eigenvalue weighted by molar-refractivity contribution is 0.667. The molecule has 0 amide bonds. The zero-order valence-electron chi connectivity index (χ0n) is 15.8. The summed E-state index contributed by atoms with van der Waals surface area (Å²) in [5, 5.41) is 3.24. The lowest BCUT2D eigenvalue weighted by Crippen LogP contribution is -1.94. The highest BCUT2D eigenvalue weighted by Crippen LogP contribution is 2.37. The maximum atomic E-state index is 6.20. The first-order chi connectivity index (χ1) is 14.8. The lowest BCUT2D eigenvalue weighted by atomic mass is 10.0. The molecule has 30 heavy (non-hydrogen) atoms. The van der Waals surface area contributed by atoms with E-state index in [4.69, 9.17) is 14.4 Å². The Balaban J connectivity index is 1.74. The summed E-state index contributed by atoms with van der Waals surface area (Å²) < 4.78 is 7.26. The van der Waals surface area contributed by atoms with Gasteiger partial charge < -0.3 is 4.42 Å². The van der Waals surface area contributed by atoms with Crippen molar-refractivity contribution in [3.63, 3.8) is 0 Å². The molecule has 3 nitrogen and oxygen atoms in total. The van der Waals surface area contributed by atoms with Crippen molar-refractivity contribution in [1.82, 2.24) is 9.97 Å². The molecule has 4 aromatic carbocycles. The van der Waals surface area contributed by atoms with Gasteiger partial charge in [-0.05, 0) is 35.0 Å². The molecule has 0 saturated carbocycles. The number of rotatable bonds is 2. The van der Waals surface area contributed by atoms with Crippen LogP contribution in [0.2, 0.25) is 0 Å². The molecule has 0 spiro atoms. The summed E-state index contributed by atoms with van der Waals surface area (Å²) in [6.45, 7) is 0. The van der Waals surface area contributed by atoms with Crippen molar-refractivity contribution in [3.8, 4) is 22.6 Å². The van der Waals surface area contributed by atoms with Gasteiger partial charge in [-0.2, -0.15) is 0 Å². The summed E-state index contributed by atoms with van der Waals surface area (Å²) in [4.78, 5) is 9.98. The van der Waals surface area contributed by atoms with Crippen molar-refractivity contribution in [2.45, 2.75) is 0 Å². The minimum atomic E-state index is 0.691. The first-order valence-electron chi connectivity index (χ1n) is 9.72. The number of fused-ring (bicyclic) bond motifs is 4. The Labute approximate surface area is 181 Å². The number of hydrogen-bond acceptors (Lipinski definition) is 3. The summed E-state index contributed by atoms with van der Waals surface area (Å²) >= 11 is 3.67. The van der Waals surface area contributed by atoms with Crippen LogP contribution in [0.15, 0.2) is 99.9 Å². The predicted octanol–water partition coefficient (Wildman–Crippen LogP) is 7.63. The van der Waals surface area contributed by atoms with Crippen molar-refractivity contribution >= 4 is 48.8 Å². The van der Waals surface area contributed by atoms with E-state index in [1.807, 2.05) is 54.6 Å². The molecule has 0 radical (unpaired) electrons. The molecule has 0 atom stereocenters. The van der Waals surface area contributed by atoms with Crippen molar-refractivity contribution in [2.24, 2.45) is 0 Å². The molecule has 0 unspecified atom stereocenters. The number of furan rings is 1. The van der Waals surface area contributed by atoms with E-state index >= 15 is 0 Å². The molecule has 6 aromatic rings. The van der Waals surface area contributed by atoms with E-state index < -0.39 is 0 Å². The lowest BCUT2D eigenvalue weighted by Gasteiger charge is -2.09. The van der Waals surface area contributed by atoms with Crippen molar-refractivity contribution in [2.75, 3.05) is 0 Å². The van der Waals surface area contributed by atoms with Crippen LogP contribution < -0.4 is 0 Å². The monoisotopic (exact) mass is 450 g/mol. The highest BCUT2D eigenvalue weighted by molar-refractivity contribution is 9.10. The molecule has 2 heterocycles. The van der Waals surface area contributed by atoms with Gasteiger partial charge in [0.05, 0.1) is 0 Å².